The average molecular weight is 756 g/mol. The molecule has 0 atom stereocenters. The quantitative estimate of drug-likeness (QED) is 0.147. The van der Waals surface area contributed by atoms with Gasteiger partial charge in [0.1, 0.15) is 5.82 Å². The molecule has 278 valence electrons. The highest BCUT2D eigenvalue weighted by Crippen LogP contribution is 2.40. The minimum atomic E-state index is 0.606. The van der Waals surface area contributed by atoms with Crippen molar-refractivity contribution in [2.75, 3.05) is 0 Å². The van der Waals surface area contributed by atoms with E-state index in [9.17, 15) is 0 Å². The van der Waals surface area contributed by atoms with E-state index in [4.69, 9.17) is 19.9 Å². The maximum atomic E-state index is 5.49. The van der Waals surface area contributed by atoms with E-state index in [1.54, 1.807) is 0 Å². The fraction of sp³-hybridized carbons (Fsp3) is 0. The number of hydrogen-bond acceptors (Lipinski definition) is 4. The maximum absolute atomic E-state index is 5.49. The molecule has 0 amide bonds. The summed E-state index contributed by atoms with van der Waals surface area (Å²) in [6.07, 6.45) is 0. The Labute approximate surface area is 343 Å². The van der Waals surface area contributed by atoms with Gasteiger partial charge in [-0.3, -0.25) is 4.57 Å². The van der Waals surface area contributed by atoms with Crippen LogP contribution in [-0.2, 0) is 0 Å². The molecule has 0 saturated heterocycles. The van der Waals surface area contributed by atoms with Crippen LogP contribution in [0.5, 0.6) is 0 Å². The van der Waals surface area contributed by atoms with Gasteiger partial charge in [-0.1, -0.05) is 200 Å². The molecular weight excluding hydrogens is 719 g/mol. The molecule has 5 heteroatoms. The summed E-state index contributed by atoms with van der Waals surface area (Å²) in [5.41, 5.74) is 13.4. The van der Waals surface area contributed by atoms with Crippen LogP contribution in [0.25, 0.3) is 96.0 Å². The van der Waals surface area contributed by atoms with Gasteiger partial charge in [-0.15, -0.1) is 0 Å². The lowest BCUT2D eigenvalue weighted by Crippen LogP contribution is -2.02. The Morgan fingerprint density at radius 2 is 0.542 bits per heavy atom. The van der Waals surface area contributed by atoms with Gasteiger partial charge in [0, 0.05) is 39.1 Å². The summed E-state index contributed by atoms with van der Waals surface area (Å²) in [6.45, 7) is 0. The largest absolute Gasteiger partial charge is 0.292 e. The van der Waals surface area contributed by atoms with Crippen molar-refractivity contribution in [3.63, 3.8) is 0 Å². The molecule has 0 saturated carbocycles. The number of benzene rings is 8. The zero-order valence-electron chi connectivity index (χ0n) is 32.1. The van der Waals surface area contributed by atoms with E-state index in [0.29, 0.717) is 17.5 Å². The van der Waals surface area contributed by atoms with Crippen molar-refractivity contribution < 1.29 is 0 Å². The summed E-state index contributed by atoms with van der Waals surface area (Å²) in [5.74, 6) is 2.71. The molecule has 10 rings (SSSR count). The number of imidazole rings is 1. The molecule has 0 fully saturated rings. The van der Waals surface area contributed by atoms with E-state index in [-0.39, 0.29) is 0 Å². The van der Waals surface area contributed by atoms with Crippen LogP contribution in [0.3, 0.4) is 0 Å². The molecule has 0 spiro atoms. The highest BCUT2D eigenvalue weighted by Gasteiger charge is 2.23. The predicted octanol–water partition coefficient (Wildman–Crippen LogP) is 13.4. The summed E-state index contributed by atoms with van der Waals surface area (Å²) < 4.78 is 2.29. The van der Waals surface area contributed by atoms with Gasteiger partial charge in [0.15, 0.2) is 17.5 Å². The first-order chi connectivity index (χ1) is 29.2. The number of hydrogen-bond donors (Lipinski definition) is 0. The summed E-state index contributed by atoms with van der Waals surface area (Å²) in [4.78, 5) is 20.4. The van der Waals surface area contributed by atoms with Crippen molar-refractivity contribution in [1.29, 1.82) is 0 Å². The van der Waals surface area contributed by atoms with Crippen LogP contribution in [-0.4, -0.2) is 24.5 Å². The SMILES string of the molecule is c1ccc(-c2ccc(-c3nc(-c4ccccc4)n(-c4ccc(-c5nc(-c6ccccc6)nc(-c6ccccc6)n5)cc4)c3-c3ccc(-c4ccccc4)cc3)cc2)cc1. The Morgan fingerprint density at radius 3 is 0.966 bits per heavy atom. The number of rotatable bonds is 9. The minimum absolute atomic E-state index is 0.606. The first-order valence-corrected chi connectivity index (χ1v) is 19.7. The van der Waals surface area contributed by atoms with Gasteiger partial charge in [0.2, 0.25) is 0 Å². The standard InChI is InChI=1S/C54H37N5/c1-6-16-38(17-7-1)40-26-30-42(31-27-40)49-50(43-32-28-41(29-33-43)39-18-8-2-9-19-39)59(54(55-49)47-24-14-5-15-25-47)48-36-34-46(35-37-48)53-57-51(44-20-10-3-11-21-44)56-52(58-53)45-22-12-4-13-23-45/h1-37H. The van der Waals surface area contributed by atoms with E-state index in [0.717, 1.165) is 67.4 Å². The van der Waals surface area contributed by atoms with Gasteiger partial charge >= 0.3 is 0 Å². The van der Waals surface area contributed by atoms with Gasteiger partial charge in [-0.05, 0) is 46.5 Å². The zero-order valence-corrected chi connectivity index (χ0v) is 32.1. The maximum Gasteiger partial charge on any atom is 0.164 e. The number of aromatic nitrogens is 5. The van der Waals surface area contributed by atoms with Crippen molar-refractivity contribution in [1.82, 2.24) is 24.5 Å². The van der Waals surface area contributed by atoms with Gasteiger partial charge < -0.3 is 0 Å². The zero-order chi connectivity index (χ0) is 39.4. The van der Waals surface area contributed by atoms with Crippen LogP contribution in [0.1, 0.15) is 0 Å². The van der Waals surface area contributed by atoms with Crippen LogP contribution >= 0.6 is 0 Å². The van der Waals surface area contributed by atoms with Crippen molar-refractivity contribution in [2.24, 2.45) is 0 Å². The number of nitrogens with zero attached hydrogens (tertiary/aromatic N) is 5. The van der Waals surface area contributed by atoms with Gasteiger partial charge in [0.25, 0.3) is 0 Å². The molecule has 0 aliphatic heterocycles. The van der Waals surface area contributed by atoms with Crippen molar-refractivity contribution in [2.45, 2.75) is 0 Å². The Balaban J connectivity index is 1.14. The third kappa shape index (κ3) is 7.25. The summed E-state index contributed by atoms with van der Waals surface area (Å²) in [5, 5.41) is 0. The second-order valence-corrected chi connectivity index (χ2v) is 14.3. The molecule has 0 radical (unpaired) electrons. The molecule has 5 nitrogen and oxygen atoms in total. The van der Waals surface area contributed by atoms with Gasteiger partial charge in [-0.25, -0.2) is 19.9 Å². The first kappa shape index (κ1) is 35.4. The third-order valence-electron chi connectivity index (χ3n) is 10.5. The molecule has 0 bridgehead atoms. The molecule has 0 N–H and O–H groups in total. The van der Waals surface area contributed by atoms with Crippen LogP contribution in [0, 0.1) is 0 Å². The minimum Gasteiger partial charge on any atom is -0.292 e. The van der Waals surface area contributed by atoms with E-state index in [1.807, 2.05) is 78.9 Å². The van der Waals surface area contributed by atoms with E-state index >= 15 is 0 Å². The Kier molecular flexibility index (Phi) is 9.51. The Morgan fingerprint density at radius 1 is 0.237 bits per heavy atom. The van der Waals surface area contributed by atoms with Crippen LogP contribution in [0.15, 0.2) is 224 Å². The smallest absolute Gasteiger partial charge is 0.164 e. The lowest BCUT2D eigenvalue weighted by molar-refractivity contribution is 1.06. The average Bonchev–Trinajstić information content (AvgIpc) is 3.74. The van der Waals surface area contributed by atoms with Crippen LogP contribution in [0.4, 0.5) is 0 Å². The molecule has 2 heterocycles. The second-order valence-electron chi connectivity index (χ2n) is 14.3. The van der Waals surface area contributed by atoms with Crippen molar-refractivity contribution in [3.05, 3.63) is 224 Å². The molecule has 59 heavy (non-hydrogen) atoms. The fourth-order valence-electron chi connectivity index (χ4n) is 7.52. The normalized spacial score (nSPS) is 11.1. The molecule has 0 aliphatic rings. The predicted molar refractivity (Wildman–Crippen MR) is 240 cm³/mol. The van der Waals surface area contributed by atoms with E-state index in [2.05, 4.69) is 150 Å². The molecule has 8 aromatic carbocycles. The Bertz CT molecular complexity index is 2910. The van der Waals surface area contributed by atoms with E-state index < -0.39 is 0 Å². The molecule has 0 unspecified atom stereocenters. The second kappa shape index (κ2) is 15.8. The first-order valence-electron chi connectivity index (χ1n) is 19.7. The highest BCUT2D eigenvalue weighted by atomic mass is 15.1. The van der Waals surface area contributed by atoms with Gasteiger partial charge in [0.05, 0.1) is 11.4 Å². The van der Waals surface area contributed by atoms with Crippen LogP contribution < -0.4 is 0 Å². The highest BCUT2D eigenvalue weighted by molar-refractivity contribution is 5.86. The lowest BCUT2D eigenvalue weighted by Gasteiger charge is -2.15. The fourth-order valence-corrected chi connectivity index (χ4v) is 7.52. The summed E-state index contributed by atoms with van der Waals surface area (Å²) in [6, 6.07) is 77.6. The van der Waals surface area contributed by atoms with E-state index in [1.165, 1.54) is 11.1 Å². The lowest BCUT2D eigenvalue weighted by atomic mass is 9.98. The molecule has 0 aliphatic carbocycles. The molecule has 2 aromatic heterocycles. The van der Waals surface area contributed by atoms with Crippen molar-refractivity contribution >= 4 is 0 Å². The molecular formula is C54H37N5. The van der Waals surface area contributed by atoms with Gasteiger partial charge in [-0.2, -0.15) is 0 Å². The van der Waals surface area contributed by atoms with Crippen LogP contribution in [0.2, 0.25) is 0 Å². The summed E-state index contributed by atoms with van der Waals surface area (Å²) >= 11 is 0. The monoisotopic (exact) mass is 755 g/mol. The molecule has 10 aromatic rings. The topological polar surface area (TPSA) is 56.5 Å². The Hall–Kier alpha value is -8.02. The third-order valence-corrected chi connectivity index (χ3v) is 10.5. The van der Waals surface area contributed by atoms with Crippen molar-refractivity contribution in [3.8, 4) is 96.0 Å². The summed E-state index contributed by atoms with van der Waals surface area (Å²) in [7, 11) is 0.